The van der Waals surface area contributed by atoms with Crippen LogP contribution in [-0.2, 0) is 9.47 Å². The van der Waals surface area contributed by atoms with E-state index < -0.39 is 11.9 Å². The molecule has 36 heavy (non-hydrogen) atoms. The number of nitrogens with zero attached hydrogens (tertiary/aromatic N) is 4. The van der Waals surface area contributed by atoms with Gasteiger partial charge in [0.1, 0.15) is 23.5 Å². The van der Waals surface area contributed by atoms with Crippen molar-refractivity contribution in [3.05, 3.63) is 71.3 Å². The first-order chi connectivity index (χ1) is 17.6. The molecule has 10 heteroatoms. The molecule has 0 amide bonds. The number of nitriles is 2. The summed E-state index contributed by atoms with van der Waals surface area (Å²) in [5, 5.41) is 19.7. The molecule has 182 valence electrons. The fourth-order valence-electron chi connectivity index (χ4n) is 3.94. The maximum atomic E-state index is 12.8. The first-order valence-electron chi connectivity index (χ1n) is 11.2. The van der Waals surface area contributed by atoms with E-state index in [0.29, 0.717) is 54.8 Å². The summed E-state index contributed by atoms with van der Waals surface area (Å²) in [7, 11) is 0. The fourth-order valence-corrected chi connectivity index (χ4v) is 6.24. The summed E-state index contributed by atoms with van der Waals surface area (Å²) < 4.78 is 13.9. The van der Waals surface area contributed by atoms with Crippen LogP contribution in [0.25, 0.3) is 11.0 Å². The van der Waals surface area contributed by atoms with Gasteiger partial charge in [0, 0.05) is 23.9 Å². The molecule has 4 aromatic rings. The highest BCUT2D eigenvalue weighted by Gasteiger charge is 2.26. The van der Waals surface area contributed by atoms with Crippen molar-refractivity contribution in [1.82, 2.24) is 8.80 Å². The molecule has 0 radical (unpaired) electrons. The van der Waals surface area contributed by atoms with Gasteiger partial charge in [0.15, 0.2) is 0 Å². The Labute approximate surface area is 216 Å². The average molecular weight is 519 g/mol. The van der Waals surface area contributed by atoms with E-state index in [1.165, 1.54) is 23.5 Å². The highest BCUT2D eigenvalue weighted by atomic mass is 32.2. The molecule has 0 aliphatic rings. The Kier molecular flexibility index (Phi) is 7.89. The van der Waals surface area contributed by atoms with E-state index in [9.17, 15) is 20.1 Å². The van der Waals surface area contributed by atoms with E-state index in [-0.39, 0.29) is 13.2 Å². The highest BCUT2D eigenvalue weighted by molar-refractivity contribution is 8.03. The Balaban J connectivity index is 1.64. The van der Waals surface area contributed by atoms with Crippen molar-refractivity contribution in [2.24, 2.45) is 0 Å². The quantitative estimate of drug-likeness (QED) is 0.170. The van der Waals surface area contributed by atoms with Crippen LogP contribution in [0.5, 0.6) is 0 Å². The van der Waals surface area contributed by atoms with Crippen molar-refractivity contribution in [2.45, 2.75) is 23.6 Å². The lowest BCUT2D eigenvalue weighted by Crippen LogP contribution is -2.09. The zero-order chi connectivity index (χ0) is 25.7. The van der Waals surface area contributed by atoms with Gasteiger partial charge in [-0.25, -0.2) is 9.59 Å². The van der Waals surface area contributed by atoms with Crippen LogP contribution in [0.3, 0.4) is 0 Å². The van der Waals surface area contributed by atoms with Gasteiger partial charge in [0.05, 0.1) is 45.2 Å². The number of pyridine rings is 2. The molecule has 0 atom stereocenters. The number of hydrogen-bond acceptors (Lipinski definition) is 8. The van der Waals surface area contributed by atoms with E-state index in [1.807, 2.05) is 12.1 Å². The van der Waals surface area contributed by atoms with E-state index in [2.05, 4.69) is 12.1 Å². The molecule has 0 saturated heterocycles. The lowest BCUT2D eigenvalue weighted by atomic mass is 10.2. The van der Waals surface area contributed by atoms with Crippen LogP contribution < -0.4 is 0 Å². The summed E-state index contributed by atoms with van der Waals surface area (Å²) in [4.78, 5) is 26.6. The molecular formula is C26H22N4O4S2. The number of carbonyl (C=O) groups is 2. The molecule has 4 heterocycles. The maximum Gasteiger partial charge on any atom is 0.356 e. The predicted octanol–water partition coefficient (Wildman–Crippen LogP) is 5.17. The minimum absolute atomic E-state index is 0.219. The lowest BCUT2D eigenvalue weighted by molar-refractivity contribution is 0.0504. The van der Waals surface area contributed by atoms with Crippen LogP contribution in [0.2, 0.25) is 0 Å². The van der Waals surface area contributed by atoms with Gasteiger partial charge in [0.2, 0.25) is 0 Å². The third-order valence-corrected chi connectivity index (χ3v) is 7.78. The van der Waals surface area contributed by atoms with Crippen molar-refractivity contribution in [3.8, 4) is 12.1 Å². The molecule has 0 saturated carbocycles. The molecule has 0 spiro atoms. The number of hydrogen-bond donors (Lipinski definition) is 0. The first kappa shape index (κ1) is 25.2. The minimum atomic E-state index is -0.495. The highest BCUT2D eigenvalue weighted by Crippen LogP contribution is 2.36. The van der Waals surface area contributed by atoms with Crippen molar-refractivity contribution < 1.29 is 19.1 Å². The summed E-state index contributed by atoms with van der Waals surface area (Å²) in [6.07, 6.45) is 3.47. The number of ether oxygens (including phenoxy) is 2. The normalized spacial score (nSPS) is 10.8. The fraction of sp³-hybridized carbons (Fsp3) is 0.231. The summed E-state index contributed by atoms with van der Waals surface area (Å²) in [5.74, 6) is 0.0417. The maximum absolute atomic E-state index is 12.8. The Hall–Kier alpha value is -3.86. The Morgan fingerprint density at radius 3 is 1.56 bits per heavy atom. The van der Waals surface area contributed by atoms with Crippen molar-refractivity contribution >= 4 is 46.5 Å². The predicted molar refractivity (Wildman–Crippen MR) is 138 cm³/mol. The SMILES string of the molecule is CCOC(=O)c1c(SCCSc2c(C#N)c3ccccn3c2C(=O)OCC)c(C#N)c2ccccn12. The van der Waals surface area contributed by atoms with E-state index in [4.69, 9.17) is 9.47 Å². The zero-order valence-electron chi connectivity index (χ0n) is 19.7. The van der Waals surface area contributed by atoms with Gasteiger partial charge in [0.25, 0.3) is 0 Å². The Morgan fingerprint density at radius 1 is 0.778 bits per heavy atom. The Bertz CT molecular complexity index is 1430. The van der Waals surface area contributed by atoms with Crippen molar-refractivity contribution in [1.29, 1.82) is 10.5 Å². The number of esters is 2. The van der Waals surface area contributed by atoms with Gasteiger partial charge in [-0.15, -0.1) is 23.5 Å². The van der Waals surface area contributed by atoms with Crippen molar-refractivity contribution in [2.75, 3.05) is 24.7 Å². The summed E-state index contributed by atoms with van der Waals surface area (Å²) >= 11 is 2.74. The number of thioether (sulfide) groups is 2. The van der Waals surface area contributed by atoms with E-state index in [0.717, 1.165) is 0 Å². The summed E-state index contributed by atoms with van der Waals surface area (Å²) in [5.41, 5.74) is 2.72. The molecule has 0 bridgehead atoms. The standard InChI is InChI=1S/C26H22N4O4S2/c1-3-33-25(31)21-23(17(15-27)19-9-5-7-11-29(19)21)35-13-14-36-24-18(16-28)20-10-6-8-12-30(20)22(24)26(32)34-4-2/h5-12H,3-4,13-14H2,1-2H3. The summed E-state index contributed by atoms with van der Waals surface area (Å²) in [6, 6.07) is 15.2. The third kappa shape index (κ3) is 4.53. The van der Waals surface area contributed by atoms with Crippen LogP contribution in [-0.4, -0.2) is 45.5 Å². The molecule has 0 aromatic carbocycles. The number of aromatic nitrogens is 2. The molecule has 0 aliphatic carbocycles. The zero-order valence-corrected chi connectivity index (χ0v) is 21.3. The Morgan fingerprint density at radius 2 is 1.19 bits per heavy atom. The lowest BCUT2D eigenvalue weighted by Gasteiger charge is -2.07. The number of rotatable bonds is 9. The van der Waals surface area contributed by atoms with Crippen LogP contribution in [0.1, 0.15) is 46.0 Å². The monoisotopic (exact) mass is 518 g/mol. The topological polar surface area (TPSA) is 109 Å². The molecular weight excluding hydrogens is 496 g/mol. The van der Waals surface area contributed by atoms with Gasteiger partial charge in [-0.2, -0.15) is 10.5 Å². The average Bonchev–Trinajstić information content (AvgIpc) is 3.38. The number of fused-ring (bicyclic) bond motifs is 2. The van der Waals surface area contributed by atoms with Crippen LogP contribution >= 0.6 is 23.5 Å². The first-order valence-corrected chi connectivity index (χ1v) is 13.2. The van der Waals surface area contributed by atoms with Crippen LogP contribution in [0.4, 0.5) is 0 Å². The minimum Gasteiger partial charge on any atom is -0.461 e. The van der Waals surface area contributed by atoms with Gasteiger partial charge < -0.3 is 18.3 Å². The third-order valence-electron chi connectivity index (χ3n) is 5.34. The molecule has 0 unspecified atom stereocenters. The largest absolute Gasteiger partial charge is 0.461 e. The van der Waals surface area contributed by atoms with Crippen molar-refractivity contribution in [3.63, 3.8) is 0 Å². The van der Waals surface area contributed by atoms with Crippen LogP contribution in [0, 0.1) is 22.7 Å². The number of carbonyl (C=O) groups excluding carboxylic acids is 2. The second-order valence-electron chi connectivity index (χ2n) is 7.38. The van der Waals surface area contributed by atoms with E-state index in [1.54, 1.807) is 59.3 Å². The second kappa shape index (κ2) is 11.3. The van der Waals surface area contributed by atoms with Gasteiger partial charge in [-0.3, -0.25) is 0 Å². The molecule has 4 aromatic heterocycles. The molecule has 0 N–H and O–H groups in total. The molecule has 0 aliphatic heterocycles. The van der Waals surface area contributed by atoms with E-state index >= 15 is 0 Å². The smallest absolute Gasteiger partial charge is 0.356 e. The second-order valence-corrected chi connectivity index (χ2v) is 9.59. The van der Waals surface area contributed by atoms with Gasteiger partial charge >= 0.3 is 11.9 Å². The summed E-state index contributed by atoms with van der Waals surface area (Å²) in [6.45, 7) is 3.91. The van der Waals surface area contributed by atoms with Crippen LogP contribution in [0.15, 0.2) is 58.6 Å². The molecule has 0 fully saturated rings. The molecule has 8 nitrogen and oxygen atoms in total. The van der Waals surface area contributed by atoms with Gasteiger partial charge in [-0.1, -0.05) is 12.1 Å². The van der Waals surface area contributed by atoms with Gasteiger partial charge in [-0.05, 0) is 38.1 Å². The molecule has 4 rings (SSSR count).